The zero-order valence-corrected chi connectivity index (χ0v) is 9.75. The highest BCUT2D eigenvalue weighted by atomic mass is 16.5. The van der Waals surface area contributed by atoms with Crippen LogP contribution in [0.5, 0.6) is 0 Å². The molecular formula is C11H24N2O. The van der Waals surface area contributed by atoms with E-state index in [0.717, 1.165) is 31.7 Å². The van der Waals surface area contributed by atoms with Crippen molar-refractivity contribution >= 4 is 0 Å². The molecule has 2 unspecified atom stereocenters. The van der Waals surface area contributed by atoms with Crippen LogP contribution in [0.1, 0.15) is 25.7 Å². The summed E-state index contributed by atoms with van der Waals surface area (Å²) in [7, 11) is 6.07. The number of methoxy groups -OCH3 is 1. The molecule has 0 bridgehead atoms. The van der Waals surface area contributed by atoms with Crippen LogP contribution < -0.4 is 5.32 Å². The van der Waals surface area contributed by atoms with Crippen molar-refractivity contribution in [3.63, 3.8) is 0 Å². The van der Waals surface area contributed by atoms with E-state index < -0.39 is 0 Å². The highest BCUT2D eigenvalue weighted by Gasteiger charge is 2.25. The van der Waals surface area contributed by atoms with Crippen LogP contribution in [-0.2, 0) is 4.74 Å². The smallest absolute Gasteiger partial charge is 0.0474 e. The predicted molar refractivity (Wildman–Crippen MR) is 59.6 cm³/mol. The maximum Gasteiger partial charge on any atom is 0.0474 e. The van der Waals surface area contributed by atoms with Crippen molar-refractivity contribution < 1.29 is 4.74 Å². The van der Waals surface area contributed by atoms with Gasteiger partial charge in [-0.3, -0.25) is 0 Å². The molecule has 0 radical (unpaired) electrons. The zero-order chi connectivity index (χ0) is 10.4. The summed E-state index contributed by atoms with van der Waals surface area (Å²) in [5.74, 6) is 0. The van der Waals surface area contributed by atoms with E-state index in [-0.39, 0.29) is 0 Å². The number of ether oxygens (including phenoxy) is 1. The summed E-state index contributed by atoms with van der Waals surface area (Å²) in [6, 6.07) is 1.52. The van der Waals surface area contributed by atoms with Gasteiger partial charge in [-0.25, -0.2) is 0 Å². The van der Waals surface area contributed by atoms with Crippen LogP contribution in [0.15, 0.2) is 0 Å². The van der Waals surface area contributed by atoms with Crippen LogP contribution in [0.25, 0.3) is 0 Å². The number of nitrogens with zero attached hydrogens (tertiary/aromatic N) is 1. The quantitative estimate of drug-likeness (QED) is 0.650. The van der Waals surface area contributed by atoms with E-state index in [2.05, 4.69) is 24.3 Å². The van der Waals surface area contributed by atoms with Gasteiger partial charge in [0.05, 0.1) is 0 Å². The van der Waals surface area contributed by atoms with Crippen molar-refractivity contribution in [2.75, 3.05) is 34.4 Å². The van der Waals surface area contributed by atoms with Crippen LogP contribution in [0.3, 0.4) is 0 Å². The van der Waals surface area contributed by atoms with E-state index in [9.17, 15) is 0 Å². The standard InChI is InChI=1S/C11H24N2O/c1-12-10-5-6-11(9-10)13(2)7-4-8-14-3/h10-12H,4-9H2,1-3H3. The average molecular weight is 200 g/mol. The van der Waals surface area contributed by atoms with E-state index in [1.807, 2.05) is 0 Å². The van der Waals surface area contributed by atoms with Gasteiger partial charge < -0.3 is 15.0 Å². The fourth-order valence-electron chi connectivity index (χ4n) is 2.26. The summed E-state index contributed by atoms with van der Waals surface area (Å²) in [4.78, 5) is 2.48. The molecule has 0 aliphatic heterocycles. The topological polar surface area (TPSA) is 24.5 Å². The van der Waals surface area contributed by atoms with Crippen molar-refractivity contribution in [1.29, 1.82) is 0 Å². The van der Waals surface area contributed by atoms with E-state index >= 15 is 0 Å². The summed E-state index contributed by atoms with van der Waals surface area (Å²) in [5, 5.41) is 3.36. The second-order valence-electron chi connectivity index (χ2n) is 4.28. The number of nitrogens with one attached hydrogen (secondary N) is 1. The molecule has 1 saturated carbocycles. The van der Waals surface area contributed by atoms with Crippen molar-refractivity contribution in [1.82, 2.24) is 10.2 Å². The van der Waals surface area contributed by atoms with Gasteiger partial charge in [0.2, 0.25) is 0 Å². The van der Waals surface area contributed by atoms with Gasteiger partial charge in [0, 0.05) is 32.3 Å². The van der Waals surface area contributed by atoms with Gasteiger partial charge >= 0.3 is 0 Å². The second-order valence-corrected chi connectivity index (χ2v) is 4.28. The first-order valence-electron chi connectivity index (χ1n) is 5.64. The summed E-state index contributed by atoms with van der Waals surface area (Å²) in [5.41, 5.74) is 0. The van der Waals surface area contributed by atoms with Crippen LogP contribution in [-0.4, -0.2) is 51.3 Å². The van der Waals surface area contributed by atoms with Crippen molar-refractivity contribution in [2.45, 2.75) is 37.8 Å². The molecule has 2 atom stereocenters. The van der Waals surface area contributed by atoms with E-state index in [1.54, 1.807) is 7.11 Å². The van der Waals surface area contributed by atoms with Crippen LogP contribution in [0.4, 0.5) is 0 Å². The fourth-order valence-corrected chi connectivity index (χ4v) is 2.26. The van der Waals surface area contributed by atoms with Crippen molar-refractivity contribution in [3.8, 4) is 0 Å². The monoisotopic (exact) mass is 200 g/mol. The molecule has 0 amide bonds. The number of rotatable bonds is 6. The Balaban J connectivity index is 2.15. The molecule has 0 spiro atoms. The molecule has 0 aromatic carbocycles. The minimum absolute atomic E-state index is 0.741. The Kier molecular flexibility index (Phi) is 5.45. The Morgan fingerprint density at radius 2 is 2.21 bits per heavy atom. The first kappa shape index (κ1) is 12.0. The van der Waals surface area contributed by atoms with Gasteiger partial charge in [0.15, 0.2) is 0 Å². The Hall–Kier alpha value is -0.120. The molecule has 1 rings (SSSR count). The SMILES string of the molecule is CNC1CCC(N(C)CCCOC)C1. The zero-order valence-electron chi connectivity index (χ0n) is 9.75. The van der Waals surface area contributed by atoms with Gasteiger partial charge in [0.1, 0.15) is 0 Å². The molecule has 1 N–H and O–H groups in total. The number of hydrogen-bond acceptors (Lipinski definition) is 3. The summed E-state index contributed by atoms with van der Waals surface area (Å²) in [6.45, 7) is 2.04. The summed E-state index contributed by atoms with van der Waals surface area (Å²) >= 11 is 0. The van der Waals surface area contributed by atoms with E-state index in [4.69, 9.17) is 4.74 Å². The van der Waals surface area contributed by atoms with Gasteiger partial charge in [0.25, 0.3) is 0 Å². The maximum absolute atomic E-state index is 5.06. The van der Waals surface area contributed by atoms with Crippen LogP contribution in [0, 0.1) is 0 Å². The maximum atomic E-state index is 5.06. The Labute approximate surface area is 87.8 Å². The molecule has 1 fully saturated rings. The lowest BCUT2D eigenvalue weighted by Gasteiger charge is -2.24. The van der Waals surface area contributed by atoms with E-state index in [0.29, 0.717) is 0 Å². The molecule has 1 aliphatic carbocycles. The molecule has 3 heteroatoms. The average Bonchev–Trinajstić information content (AvgIpc) is 2.66. The van der Waals surface area contributed by atoms with Crippen LogP contribution in [0.2, 0.25) is 0 Å². The first-order chi connectivity index (χ1) is 6.77. The van der Waals surface area contributed by atoms with Crippen LogP contribution >= 0.6 is 0 Å². The molecular weight excluding hydrogens is 176 g/mol. The number of hydrogen-bond donors (Lipinski definition) is 1. The Bertz CT molecular complexity index is 152. The minimum atomic E-state index is 0.741. The first-order valence-corrected chi connectivity index (χ1v) is 5.64. The highest BCUT2D eigenvalue weighted by Crippen LogP contribution is 2.22. The molecule has 1 aliphatic rings. The Morgan fingerprint density at radius 3 is 2.79 bits per heavy atom. The third kappa shape index (κ3) is 3.56. The largest absolute Gasteiger partial charge is 0.385 e. The van der Waals surface area contributed by atoms with Crippen molar-refractivity contribution in [2.24, 2.45) is 0 Å². The highest BCUT2D eigenvalue weighted by molar-refractivity contribution is 4.84. The van der Waals surface area contributed by atoms with E-state index in [1.165, 1.54) is 19.3 Å². The predicted octanol–water partition coefficient (Wildman–Crippen LogP) is 1.10. The molecule has 0 heterocycles. The molecule has 0 aromatic rings. The molecule has 14 heavy (non-hydrogen) atoms. The van der Waals surface area contributed by atoms with Gasteiger partial charge in [-0.15, -0.1) is 0 Å². The molecule has 0 saturated heterocycles. The van der Waals surface area contributed by atoms with Gasteiger partial charge in [-0.1, -0.05) is 0 Å². The second kappa shape index (κ2) is 6.38. The summed E-state index contributed by atoms with van der Waals surface area (Å²) in [6.07, 6.45) is 5.12. The lowest BCUT2D eigenvalue weighted by atomic mass is 10.2. The normalized spacial score (nSPS) is 27.4. The molecule has 84 valence electrons. The summed E-state index contributed by atoms with van der Waals surface area (Å²) < 4.78 is 5.06. The lowest BCUT2D eigenvalue weighted by Crippen LogP contribution is -2.32. The van der Waals surface area contributed by atoms with Crippen molar-refractivity contribution in [3.05, 3.63) is 0 Å². The fraction of sp³-hybridized carbons (Fsp3) is 1.00. The third-order valence-electron chi connectivity index (χ3n) is 3.30. The van der Waals surface area contributed by atoms with Gasteiger partial charge in [-0.05, 0) is 39.8 Å². The lowest BCUT2D eigenvalue weighted by molar-refractivity contribution is 0.165. The molecule has 3 nitrogen and oxygen atoms in total. The minimum Gasteiger partial charge on any atom is -0.385 e. The van der Waals surface area contributed by atoms with Gasteiger partial charge in [-0.2, -0.15) is 0 Å². The third-order valence-corrected chi connectivity index (χ3v) is 3.30. The molecule has 0 aromatic heterocycles. The Morgan fingerprint density at radius 1 is 1.43 bits per heavy atom.